The third-order valence-corrected chi connectivity index (χ3v) is 5.63. The van der Waals surface area contributed by atoms with Crippen LogP contribution in [0.3, 0.4) is 0 Å². The van der Waals surface area contributed by atoms with Crippen molar-refractivity contribution in [2.45, 2.75) is 26.8 Å². The zero-order valence-electron chi connectivity index (χ0n) is 19.9. The molecule has 0 saturated carbocycles. The average molecular weight is 479 g/mol. The average Bonchev–Trinajstić information content (AvgIpc) is 3.56. The van der Waals surface area contributed by atoms with Gasteiger partial charge in [0.05, 0.1) is 23.4 Å². The number of hydrogen-bond donors (Lipinski definition) is 1. The molecule has 0 fully saturated rings. The standard InChI is InChI=1S/C27H22N6O3/c1-16(2)33-25-21(15-30-33)20(13-23(31-25)24-7-5-11-35-24)26(34)32-22-9-8-19(12-17(22)3)36-27-18(14-28)6-4-10-29-27/h4-13,15-16H,1-3H3,(H,32,34). The van der Waals surface area contributed by atoms with Gasteiger partial charge in [-0.3, -0.25) is 4.79 Å². The summed E-state index contributed by atoms with van der Waals surface area (Å²) in [6.45, 7) is 5.87. The minimum atomic E-state index is -0.299. The molecule has 1 N–H and O–H groups in total. The number of pyridine rings is 2. The van der Waals surface area contributed by atoms with Crippen LogP contribution in [0.15, 0.2) is 71.6 Å². The van der Waals surface area contributed by atoms with Crippen LogP contribution in [-0.4, -0.2) is 25.7 Å². The van der Waals surface area contributed by atoms with Gasteiger partial charge in [0, 0.05) is 17.9 Å². The van der Waals surface area contributed by atoms with Crippen molar-refractivity contribution in [2.24, 2.45) is 0 Å². The Morgan fingerprint density at radius 3 is 2.78 bits per heavy atom. The Bertz CT molecular complexity index is 1610. The van der Waals surface area contributed by atoms with Crippen LogP contribution < -0.4 is 10.1 Å². The minimum absolute atomic E-state index is 0.0632. The largest absolute Gasteiger partial charge is 0.463 e. The molecule has 0 aliphatic heterocycles. The fourth-order valence-corrected chi connectivity index (χ4v) is 3.83. The van der Waals surface area contributed by atoms with Crippen molar-refractivity contribution in [1.82, 2.24) is 19.7 Å². The number of nitrogens with zero attached hydrogens (tertiary/aromatic N) is 5. The molecule has 1 aromatic carbocycles. The van der Waals surface area contributed by atoms with Crippen LogP contribution in [0, 0.1) is 18.3 Å². The second-order valence-corrected chi connectivity index (χ2v) is 8.45. The zero-order valence-corrected chi connectivity index (χ0v) is 19.9. The first kappa shape index (κ1) is 22.8. The van der Waals surface area contributed by atoms with Gasteiger partial charge in [-0.1, -0.05) is 0 Å². The Morgan fingerprint density at radius 1 is 1.19 bits per heavy atom. The maximum absolute atomic E-state index is 13.5. The first-order valence-corrected chi connectivity index (χ1v) is 11.3. The Labute approximate surface area is 207 Å². The summed E-state index contributed by atoms with van der Waals surface area (Å²) < 4.78 is 13.1. The maximum Gasteiger partial charge on any atom is 0.256 e. The number of furan rings is 1. The molecule has 0 bridgehead atoms. The van der Waals surface area contributed by atoms with E-state index in [1.165, 1.54) is 0 Å². The molecule has 0 aliphatic carbocycles. The van der Waals surface area contributed by atoms with Gasteiger partial charge in [0.15, 0.2) is 11.4 Å². The molecule has 0 unspecified atom stereocenters. The van der Waals surface area contributed by atoms with Gasteiger partial charge in [-0.15, -0.1) is 0 Å². The number of anilines is 1. The summed E-state index contributed by atoms with van der Waals surface area (Å²) in [7, 11) is 0. The first-order valence-electron chi connectivity index (χ1n) is 11.3. The Morgan fingerprint density at radius 2 is 2.06 bits per heavy atom. The fraction of sp³-hybridized carbons (Fsp3) is 0.148. The van der Waals surface area contributed by atoms with Crippen LogP contribution in [0.2, 0.25) is 0 Å². The molecule has 0 atom stereocenters. The highest BCUT2D eigenvalue weighted by Crippen LogP contribution is 2.30. The molecule has 0 spiro atoms. The van der Waals surface area contributed by atoms with E-state index in [-0.39, 0.29) is 17.8 Å². The van der Waals surface area contributed by atoms with Gasteiger partial charge in [0.1, 0.15) is 23.1 Å². The predicted octanol–water partition coefficient (Wildman–Crippen LogP) is 5.89. The monoisotopic (exact) mass is 478 g/mol. The van der Waals surface area contributed by atoms with E-state index in [1.54, 1.807) is 71.9 Å². The molecule has 4 heterocycles. The van der Waals surface area contributed by atoms with Crippen LogP contribution in [0.5, 0.6) is 11.6 Å². The van der Waals surface area contributed by atoms with Crippen molar-refractivity contribution in [2.75, 3.05) is 5.32 Å². The number of benzene rings is 1. The Kier molecular flexibility index (Phi) is 5.92. The van der Waals surface area contributed by atoms with Crippen molar-refractivity contribution in [3.63, 3.8) is 0 Å². The topological polar surface area (TPSA) is 119 Å². The highest BCUT2D eigenvalue weighted by atomic mass is 16.5. The van der Waals surface area contributed by atoms with Crippen LogP contribution in [-0.2, 0) is 0 Å². The van der Waals surface area contributed by atoms with E-state index in [1.807, 2.05) is 20.8 Å². The maximum atomic E-state index is 13.5. The molecule has 178 valence electrons. The van der Waals surface area contributed by atoms with Crippen LogP contribution in [0.1, 0.15) is 41.4 Å². The van der Waals surface area contributed by atoms with E-state index in [2.05, 4.69) is 21.5 Å². The van der Waals surface area contributed by atoms with Crippen molar-refractivity contribution in [3.05, 3.63) is 83.9 Å². The summed E-state index contributed by atoms with van der Waals surface area (Å²) >= 11 is 0. The van der Waals surface area contributed by atoms with Gasteiger partial charge in [-0.2, -0.15) is 10.4 Å². The van der Waals surface area contributed by atoms with Crippen LogP contribution in [0.4, 0.5) is 5.69 Å². The van der Waals surface area contributed by atoms with Crippen LogP contribution in [0.25, 0.3) is 22.5 Å². The number of hydrogen-bond acceptors (Lipinski definition) is 7. The molecule has 0 saturated heterocycles. The lowest BCUT2D eigenvalue weighted by Crippen LogP contribution is -2.14. The number of nitriles is 1. The second-order valence-electron chi connectivity index (χ2n) is 8.45. The Balaban J connectivity index is 1.47. The summed E-state index contributed by atoms with van der Waals surface area (Å²) in [5, 5.41) is 17.3. The van der Waals surface area contributed by atoms with Gasteiger partial charge in [0.25, 0.3) is 5.91 Å². The Hall–Kier alpha value is -4.97. The van der Waals surface area contributed by atoms with Crippen molar-refractivity contribution in [1.29, 1.82) is 5.26 Å². The van der Waals surface area contributed by atoms with E-state index in [0.29, 0.717) is 45.1 Å². The van der Waals surface area contributed by atoms with E-state index < -0.39 is 0 Å². The first-order chi connectivity index (χ1) is 17.4. The quantitative estimate of drug-likeness (QED) is 0.323. The number of fused-ring (bicyclic) bond motifs is 1. The fourth-order valence-electron chi connectivity index (χ4n) is 3.83. The lowest BCUT2D eigenvalue weighted by Gasteiger charge is -2.13. The van der Waals surface area contributed by atoms with Crippen molar-refractivity contribution in [3.8, 4) is 29.2 Å². The number of nitrogens with one attached hydrogen (secondary N) is 1. The summed E-state index contributed by atoms with van der Waals surface area (Å²) in [6.07, 6.45) is 4.79. The SMILES string of the molecule is Cc1cc(Oc2ncccc2C#N)ccc1NC(=O)c1cc(-c2ccco2)nc2c1cnn2C(C)C. The molecule has 0 aliphatic rings. The summed E-state index contributed by atoms with van der Waals surface area (Å²) in [6, 6.07) is 16.0. The highest BCUT2D eigenvalue weighted by Gasteiger charge is 2.20. The number of rotatable bonds is 6. The smallest absolute Gasteiger partial charge is 0.256 e. The normalized spacial score (nSPS) is 11.0. The van der Waals surface area contributed by atoms with E-state index >= 15 is 0 Å². The van der Waals surface area contributed by atoms with Gasteiger partial charge in [0.2, 0.25) is 5.88 Å². The predicted molar refractivity (Wildman–Crippen MR) is 134 cm³/mol. The van der Waals surface area contributed by atoms with Crippen LogP contribution >= 0.6 is 0 Å². The third kappa shape index (κ3) is 4.28. The number of ether oxygens (including phenoxy) is 1. The third-order valence-electron chi connectivity index (χ3n) is 5.63. The molecule has 9 heteroatoms. The molecule has 0 radical (unpaired) electrons. The molecule has 1 amide bonds. The summed E-state index contributed by atoms with van der Waals surface area (Å²) in [5.41, 5.74) is 3.32. The zero-order chi connectivity index (χ0) is 25.2. The molecule has 5 aromatic rings. The summed E-state index contributed by atoms with van der Waals surface area (Å²) in [5.74, 6) is 0.992. The molecule has 9 nitrogen and oxygen atoms in total. The molecular formula is C27H22N6O3. The highest BCUT2D eigenvalue weighted by molar-refractivity contribution is 6.12. The van der Waals surface area contributed by atoms with Gasteiger partial charge >= 0.3 is 0 Å². The van der Waals surface area contributed by atoms with Crippen molar-refractivity contribution < 1.29 is 13.9 Å². The van der Waals surface area contributed by atoms with E-state index in [9.17, 15) is 10.1 Å². The molecule has 5 rings (SSSR count). The molecule has 4 aromatic heterocycles. The molecule has 36 heavy (non-hydrogen) atoms. The lowest BCUT2D eigenvalue weighted by molar-refractivity contribution is 0.102. The van der Waals surface area contributed by atoms with Gasteiger partial charge < -0.3 is 14.5 Å². The number of carbonyl (C=O) groups is 1. The minimum Gasteiger partial charge on any atom is -0.463 e. The number of amides is 1. The number of carbonyl (C=O) groups excluding carboxylic acids is 1. The molecular weight excluding hydrogens is 456 g/mol. The van der Waals surface area contributed by atoms with E-state index in [4.69, 9.17) is 14.1 Å². The van der Waals surface area contributed by atoms with Gasteiger partial charge in [-0.25, -0.2) is 14.6 Å². The number of aryl methyl sites for hydroxylation is 1. The van der Waals surface area contributed by atoms with E-state index in [0.717, 1.165) is 5.56 Å². The summed E-state index contributed by atoms with van der Waals surface area (Å²) in [4.78, 5) is 22.3. The second kappa shape index (κ2) is 9.35. The van der Waals surface area contributed by atoms with Crippen molar-refractivity contribution >= 4 is 22.6 Å². The lowest BCUT2D eigenvalue weighted by atomic mass is 10.1. The van der Waals surface area contributed by atoms with Gasteiger partial charge in [-0.05, 0) is 74.9 Å². The number of aromatic nitrogens is 4.